The molecule has 170 valence electrons. The number of furan rings is 1. The van der Waals surface area contributed by atoms with Crippen molar-refractivity contribution in [3.63, 3.8) is 0 Å². The van der Waals surface area contributed by atoms with Crippen LogP contribution in [0.1, 0.15) is 23.8 Å². The van der Waals surface area contributed by atoms with Crippen LogP contribution in [0.5, 0.6) is 0 Å². The van der Waals surface area contributed by atoms with Crippen LogP contribution >= 0.6 is 23.1 Å². The number of aromatic nitrogens is 3. The molecule has 1 atom stereocenters. The maximum Gasteiger partial charge on any atom is 0.233 e. The Labute approximate surface area is 205 Å². The second kappa shape index (κ2) is 9.19. The quantitative estimate of drug-likeness (QED) is 0.224. The lowest BCUT2D eigenvalue weighted by Crippen LogP contribution is -2.40. The SMILES string of the molecule is O=C(CSc1nc(-c2ccco2)nc2ccccc12)N1CCCC(c2nc3ccccc3s2)C1. The molecule has 0 aliphatic carbocycles. The van der Waals surface area contributed by atoms with Crippen LogP contribution in [-0.4, -0.2) is 44.6 Å². The Morgan fingerprint density at radius 2 is 1.88 bits per heavy atom. The fraction of sp³-hybridized carbons (Fsp3) is 0.231. The molecular weight excluding hydrogens is 464 g/mol. The predicted octanol–water partition coefficient (Wildman–Crippen LogP) is 6.00. The predicted molar refractivity (Wildman–Crippen MR) is 136 cm³/mol. The highest BCUT2D eigenvalue weighted by Crippen LogP contribution is 2.34. The summed E-state index contributed by atoms with van der Waals surface area (Å²) >= 11 is 3.22. The Balaban J connectivity index is 1.19. The van der Waals surface area contributed by atoms with Crippen molar-refractivity contribution in [3.05, 3.63) is 71.9 Å². The third kappa shape index (κ3) is 4.19. The third-order valence-electron chi connectivity index (χ3n) is 6.08. The number of benzene rings is 2. The molecule has 0 radical (unpaired) electrons. The molecule has 0 bridgehead atoms. The Kier molecular flexibility index (Phi) is 5.76. The van der Waals surface area contributed by atoms with E-state index in [2.05, 4.69) is 17.1 Å². The number of thiazole rings is 1. The molecule has 3 aromatic heterocycles. The van der Waals surface area contributed by atoms with Gasteiger partial charge in [-0.1, -0.05) is 42.1 Å². The van der Waals surface area contributed by atoms with Crippen LogP contribution in [0.2, 0.25) is 0 Å². The summed E-state index contributed by atoms with van der Waals surface area (Å²) in [5.74, 6) is 1.93. The van der Waals surface area contributed by atoms with Crippen LogP contribution in [-0.2, 0) is 4.79 Å². The lowest BCUT2D eigenvalue weighted by Gasteiger charge is -2.31. The van der Waals surface area contributed by atoms with Crippen molar-refractivity contribution in [2.45, 2.75) is 23.8 Å². The van der Waals surface area contributed by atoms with Gasteiger partial charge in [-0.05, 0) is 43.2 Å². The van der Waals surface area contributed by atoms with Gasteiger partial charge in [0.15, 0.2) is 11.6 Å². The molecule has 0 saturated carbocycles. The van der Waals surface area contributed by atoms with E-state index in [0.29, 0.717) is 23.3 Å². The molecule has 1 saturated heterocycles. The smallest absolute Gasteiger partial charge is 0.233 e. The number of fused-ring (bicyclic) bond motifs is 2. The van der Waals surface area contributed by atoms with Crippen LogP contribution in [0.3, 0.4) is 0 Å². The fourth-order valence-corrected chi connectivity index (χ4v) is 6.38. The molecule has 2 aromatic carbocycles. The minimum absolute atomic E-state index is 0.137. The monoisotopic (exact) mass is 486 g/mol. The number of carbonyl (C=O) groups excluding carboxylic acids is 1. The number of piperidine rings is 1. The van der Waals surface area contributed by atoms with Crippen LogP contribution in [0.15, 0.2) is 76.4 Å². The van der Waals surface area contributed by atoms with Gasteiger partial charge in [0.1, 0.15) is 5.03 Å². The van der Waals surface area contributed by atoms with E-state index in [1.165, 1.54) is 16.5 Å². The maximum atomic E-state index is 13.2. The molecule has 6 nitrogen and oxygen atoms in total. The number of rotatable bonds is 5. The van der Waals surface area contributed by atoms with E-state index in [1.54, 1.807) is 17.6 Å². The molecule has 1 aliphatic rings. The number of amides is 1. The minimum Gasteiger partial charge on any atom is -0.461 e. The van der Waals surface area contributed by atoms with E-state index >= 15 is 0 Å². The fourth-order valence-electron chi connectivity index (χ4n) is 4.36. The number of para-hydroxylation sites is 2. The molecule has 0 N–H and O–H groups in total. The van der Waals surface area contributed by atoms with Gasteiger partial charge in [-0.15, -0.1) is 11.3 Å². The zero-order valence-corrected chi connectivity index (χ0v) is 20.0. The van der Waals surface area contributed by atoms with Gasteiger partial charge in [-0.2, -0.15) is 0 Å². The minimum atomic E-state index is 0.137. The maximum absolute atomic E-state index is 13.2. The Hall–Kier alpha value is -3.23. The number of carbonyl (C=O) groups is 1. The molecule has 1 aliphatic heterocycles. The van der Waals surface area contributed by atoms with Crippen molar-refractivity contribution in [2.24, 2.45) is 0 Å². The number of hydrogen-bond donors (Lipinski definition) is 0. The highest BCUT2D eigenvalue weighted by molar-refractivity contribution is 8.00. The highest BCUT2D eigenvalue weighted by Gasteiger charge is 2.27. The van der Waals surface area contributed by atoms with E-state index in [1.807, 2.05) is 53.4 Å². The van der Waals surface area contributed by atoms with Crippen molar-refractivity contribution < 1.29 is 9.21 Å². The molecule has 6 rings (SSSR count). The summed E-state index contributed by atoms with van der Waals surface area (Å²) in [6.45, 7) is 1.52. The zero-order chi connectivity index (χ0) is 22.9. The molecule has 1 unspecified atom stereocenters. The van der Waals surface area contributed by atoms with Crippen LogP contribution in [0, 0.1) is 0 Å². The second-order valence-electron chi connectivity index (χ2n) is 8.33. The molecule has 0 spiro atoms. The summed E-state index contributed by atoms with van der Waals surface area (Å²) < 4.78 is 6.71. The van der Waals surface area contributed by atoms with Crippen molar-refractivity contribution in [1.29, 1.82) is 0 Å². The molecule has 34 heavy (non-hydrogen) atoms. The first kappa shape index (κ1) is 21.3. The van der Waals surface area contributed by atoms with Gasteiger partial charge in [-0.3, -0.25) is 4.79 Å². The number of likely N-dealkylation sites (tertiary alicyclic amines) is 1. The Morgan fingerprint density at radius 3 is 2.74 bits per heavy atom. The van der Waals surface area contributed by atoms with Gasteiger partial charge in [0.25, 0.3) is 0 Å². The molecule has 1 amide bonds. The average Bonchev–Trinajstić information content (AvgIpc) is 3.57. The first-order valence-electron chi connectivity index (χ1n) is 11.3. The summed E-state index contributed by atoms with van der Waals surface area (Å²) in [6.07, 6.45) is 3.68. The van der Waals surface area contributed by atoms with Gasteiger partial charge in [0.2, 0.25) is 5.91 Å². The first-order valence-corrected chi connectivity index (χ1v) is 13.1. The molecule has 4 heterocycles. The summed E-state index contributed by atoms with van der Waals surface area (Å²) in [5, 5.41) is 2.88. The van der Waals surface area contributed by atoms with E-state index in [-0.39, 0.29) is 5.91 Å². The molecular formula is C26H22N4O2S2. The lowest BCUT2D eigenvalue weighted by molar-refractivity contribution is -0.129. The lowest BCUT2D eigenvalue weighted by atomic mass is 9.99. The molecule has 5 aromatic rings. The van der Waals surface area contributed by atoms with Crippen LogP contribution in [0.4, 0.5) is 0 Å². The van der Waals surface area contributed by atoms with Gasteiger partial charge in [0, 0.05) is 24.4 Å². The average molecular weight is 487 g/mol. The topological polar surface area (TPSA) is 72.1 Å². The number of thioether (sulfide) groups is 1. The van der Waals surface area contributed by atoms with E-state index < -0.39 is 0 Å². The number of nitrogens with zero attached hydrogens (tertiary/aromatic N) is 4. The van der Waals surface area contributed by atoms with Gasteiger partial charge in [0.05, 0.1) is 32.8 Å². The van der Waals surface area contributed by atoms with Gasteiger partial charge < -0.3 is 9.32 Å². The Bertz CT molecular complexity index is 1430. The summed E-state index contributed by atoms with van der Waals surface area (Å²) in [4.78, 5) is 29.4. The standard InChI is InChI=1S/C26H22N4O2S2/c31-23(30-13-5-7-17(15-30)25-28-20-10-3-4-12-22(20)34-25)16-33-26-18-8-1-2-9-19(18)27-24(29-26)21-11-6-14-32-21/h1-4,6,8-12,14,17H,5,7,13,15-16H2. The largest absolute Gasteiger partial charge is 0.461 e. The van der Waals surface area contributed by atoms with Gasteiger partial charge >= 0.3 is 0 Å². The normalized spacial score (nSPS) is 16.4. The van der Waals surface area contributed by atoms with Crippen molar-refractivity contribution >= 4 is 50.1 Å². The molecule has 8 heteroatoms. The third-order valence-corrected chi connectivity index (χ3v) is 8.25. The summed E-state index contributed by atoms with van der Waals surface area (Å²) in [7, 11) is 0. The van der Waals surface area contributed by atoms with Crippen LogP contribution in [0.25, 0.3) is 32.7 Å². The second-order valence-corrected chi connectivity index (χ2v) is 10.4. The Morgan fingerprint density at radius 1 is 1.03 bits per heavy atom. The van der Waals surface area contributed by atoms with Gasteiger partial charge in [-0.25, -0.2) is 15.0 Å². The van der Waals surface area contributed by atoms with Crippen molar-refractivity contribution in [1.82, 2.24) is 19.9 Å². The van der Waals surface area contributed by atoms with Crippen molar-refractivity contribution in [2.75, 3.05) is 18.8 Å². The highest BCUT2D eigenvalue weighted by atomic mass is 32.2. The van der Waals surface area contributed by atoms with Crippen molar-refractivity contribution in [3.8, 4) is 11.6 Å². The van der Waals surface area contributed by atoms with E-state index in [9.17, 15) is 4.79 Å². The summed E-state index contributed by atoms with van der Waals surface area (Å²) in [6, 6.07) is 19.8. The molecule has 1 fully saturated rings. The van der Waals surface area contributed by atoms with E-state index in [4.69, 9.17) is 14.4 Å². The number of hydrogen-bond acceptors (Lipinski definition) is 7. The first-order chi connectivity index (χ1) is 16.7. The van der Waals surface area contributed by atoms with Crippen LogP contribution < -0.4 is 0 Å². The van der Waals surface area contributed by atoms with E-state index in [0.717, 1.165) is 52.4 Å². The zero-order valence-electron chi connectivity index (χ0n) is 18.4. The summed E-state index contributed by atoms with van der Waals surface area (Å²) in [5.41, 5.74) is 1.89.